The summed E-state index contributed by atoms with van der Waals surface area (Å²) in [7, 11) is 0. The normalized spacial score (nSPS) is 14.6. The van der Waals surface area contributed by atoms with Crippen LogP contribution in [0.3, 0.4) is 0 Å². The van der Waals surface area contributed by atoms with Crippen molar-refractivity contribution >= 4 is 40.1 Å². The second-order valence-electron chi connectivity index (χ2n) is 9.07. The Labute approximate surface area is 223 Å². The number of rotatable bonds is 5. The fraction of sp³-hybridized carbons (Fsp3) is 0.207. The highest BCUT2D eigenvalue weighted by molar-refractivity contribution is 6.31. The molecular formula is C29H23ClN2O6. The topological polar surface area (TPSA) is 111 Å². The van der Waals surface area contributed by atoms with Crippen LogP contribution in [0.2, 0.25) is 5.02 Å². The zero-order valence-electron chi connectivity index (χ0n) is 20.6. The molecule has 9 heteroatoms. The quantitative estimate of drug-likeness (QED) is 0.311. The van der Waals surface area contributed by atoms with Gasteiger partial charge in [0.05, 0.1) is 13.2 Å². The van der Waals surface area contributed by atoms with Crippen molar-refractivity contribution in [2.45, 2.75) is 25.4 Å². The van der Waals surface area contributed by atoms with E-state index in [0.29, 0.717) is 33.1 Å². The number of amides is 1. The van der Waals surface area contributed by atoms with Gasteiger partial charge in [0.2, 0.25) is 5.76 Å². The van der Waals surface area contributed by atoms with Gasteiger partial charge in [0, 0.05) is 16.1 Å². The first-order valence-corrected chi connectivity index (χ1v) is 12.2. The minimum absolute atomic E-state index is 0.164. The van der Waals surface area contributed by atoms with Gasteiger partial charge in [-0.2, -0.15) is 0 Å². The number of aliphatic carboxylic acids is 1. The third-order valence-corrected chi connectivity index (χ3v) is 6.88. The molecule has 0 radical (unpaired) electrons. The highest BCUT2D eigenvalue weighted by Crippen LogP contribution is 2.34. The molecule has 0 spiro atoms. The second kappa shape index (κ2) is 10.2. The van der Waals surface area contributed by atoms with Gasteiger partial charge >= 0.3 is 12.1 Å². The molecule has 1 aliphatic heterocycles. The summed E-state index contributed by atoms with van der Waals surface area (Å²) in [6.45, 7) is 3.74. The first-order valence-electron chi connectivity index (χ1n) is 11.8. The molecule has 1 aromatic heterocycles. The van der Waals surface area contributed by atoms with E-state index < -0.39 is 23.6 Å². The van der Waals surface area contributed by atoms with Crippen LogP contribution in [0.25, 0.3) is 10.8 Å². The van der Waals surface area contributed by atoms with Crippen LogP contribution in [0.15, 0.2) is 65.2 Å². The van der Waals surface area contributed by atoms with Crippen LogP contribution in [0.4, 0.5) is 10.5 Å². The standard InChI is InChI=1S/C29H23ClN2O6/c1-17-26(31-28(35)37-18(2)23-5-3-4-6-24(23)30)25(38-32-17)12-8-19-7-9-21-14-22(11-10-20(21)13-19)29(27(33)34)15-36-16-29/h3-7,9-11,13-14,18H,15-16H2,1-2H3,(H,31,35)(H,33,34). The lowest BCUT2D eigenvalue weighted by molar-refractivity contribution is -0.163. The first kappa shape index (κ1) is 25.3. The highest BCUT2D eigenvalue weighted by atomic mass is 35.5. The Morgan fingerprint density at radius 1 is 1.11 bits per heavy atom. The summed E-state index contributed by atoms with van der Waals surface area (Å²) < 4.78 is 16.0. The Morgan fingerprint density at radius 3 is 2.55 bits per heavy atom. The van der Waals surface area contributed by atoms with Crippen LogP contribution in [0.5, 0.6) is 0 Å². The van der Waals surface area contributed by atoms with E-state index in [4.69, 9.17) is 25.6 Å². The molecule has 1 aliphatic rings. The average Bonchev–Trinajstić information content (AvgIpc) is 3.20. The smallest absolute Gasteiger partial charge is 0.412 e. The molecule has 1 unspecified atom stereocenters. The summed E-state index contributed by atoms with van der Waals surface area (Å²) in [4.78, 5) is 24.3. The number of carboxylic acids is 1. The number of hydrogen-bond donors (Lipinski definition) is 2. The number of carbonyl (C=O) groups is 2. The van der Waals surface area contributed by atoms with Gasteiger partial charge in [-0.1, -0.05) is 59.1 Å². The lowest BCUT2D eigenvalue weighted by Gasteiger charge is -2.37. The van der Waals surface area contributed by atoms with Gasteiger partial charge in [-0.15, -0.1) is 0 Å². The van der Waals surface area contributed by atoms with Gasteiger partial charge in [0.15, 0.2) is 0 Å². The Hall–Kier alpha value is -4.32. The van der Waals surface area contributed by atoms with Crippen LogP contribution in [0, 0.1) is 18.8 Å². The maximum atomic E-state index is 12.6. The largest absolute Gasteiger partial charge is 0.480 e. The number of ether oxygens (including phenoxy) is 2. The van der Waals surface area contributed by atoms with Crippen molar-refractivity contribution in [3.05, 3.63) is 93.8 Å². The summed E-state index contributed by atoms with van der Waals surface area (Å²) in [5, 5.41) is 18.6. The zero-order valence-corrected chi connectivity index (χ0v) is 21.3. The number of nitrogens with one attached hydrogen (secondary N) is 1. The number of carboxylic acid groups (broad SMARTS) is 1. The van der Waals surface area contributed by atoms with Gasteiger partial charge in [-0.3, -0.25) is 10.1 Å². The predicted octanol–water partition coefficient (Wildman–Crippen LogP) is 5.85. The number of hydrogen-bond acceptors (Lipinski definition) is 6. The van der Waals surface area contributed by atoms with Crippen molar-refractivity contribution in [2.24, 2.45) is 0 Å². The molecule has 2 heterocycles. The number of nitrogens with zero attached hydrogens (tertiary/aromatic N) is 1. The Morgan fingerprint density at radius 2 is 1.84 bits per heavy atom. The van der Waals surface area contributed by atoms with Gasteiger partial charge in [0.1, 0.15) is 22.9 Å². The van der Waals surface area contributed by atoms with E-state index >= 15 is 0 Å². The molecular weight excluding hydrogens is 508 g/mol. The van der Waals surface area contributed by atoms with E-state index in [-0.39, 0.29) is 19.0 Å². The number of anilines is 1. The minimum Gasteiger partial charge on any atom is -0.480 e. The minimum atomic E-state index is -0.994. The van der Waals surface area contributed by atoms with Crippen LogP contribution in [0.1, 0.15) is 41.2 Å². The molecule has 38 heavy (non-hydrogen) atoms. The number of halogens is 1. The van der Waals surface area contributed by atoms with E-state index in [1.165, 1.54) is 0 Å². The van der Waals surface area contributed by atoms with Gasteiger partial charge in [-0.05, 0) is 60.4 Å². The maximum absolute atomic E-state index is 12.6. The monoisotopic (exact) mass is 530 g/mol. The van der Waals surface area contributed by atoms with E-state index in [1.807, 2.05) is 42.5 Å². The molecule has 1 saturated heterocycles. The van der Waals surface area contributed by atoms with Crippen molar-refractivity contribution in [3.8, 4) is 11.8 Å². The summed E-state index contributed by atoms with van der Waals surface area (Å²) in [6, 6.07) is 18.3. The maximum Gasteiger partial charge on any atom is 0.412 e. The average molecular weight is 531 g/mol. The van der Waals surface area contributed by atoms with E-state index in [0.717, 1.165) is 10.8 Å². The molecule has 0 saturated carbocycles. The van der Waals surface area contributed by atoms with Crippen molar-refractivity contribution in [1.29, 1.82) is 0 Å². The number of aryl methyl sites for hydroxylation is 1. The molecule has 0 aliphatic carbocycles. The summed E-state index contributed by atoms with van der Waals surface area (Å²) in [5.41, 5.74) is 1.89. The van der Waals surface area contributed by atoms with Crippen LogP contribution in [-0.4, -0.2) is 35.5 Å². The molecule has 4 aromatic rings. The van der Waals surface area contributed by atoms with Crippen LogP contribution < -0.4 is 5.32 Å². The molecule has 8 nitrogen and oxygen atoms in total. The summed E-state index contributed by atoms with van der Waals surface area (Å²) in [6.07, 6.45) is -1.26. The van der Waals surface area contributed by atoms with E-state index in [9.17, 15) is 14.7 Å². The van der Waals surface area contributed by atoms with Gasteiger partial charge in [0.25, 0.3) is 0 Å². The number of aromatic nitrogens is 1. The SMILES string of the molecule is Cc1noc(C#Cc2ccc3cc(C4(C(=O)O)COC4)ccc3c2)c1NC(=O)OC(C)c1ccccc1Cl. The highest BCUT2D eigenvalue weighted by Gasteiger charge is 2.47. The van der Waals surface area contributed by atoms with Gasteiger partial charge in [-0.25, -0.2) is 4.79 Å². The summed E-state index contributed by atoms with van der Waals surface area (Å²) in [5.74, 6) is 5.25. The third-order valence-electron chi connectivity index (χ3n) is 6.54. The number of benzene rings is 3. The van der Waals surface area contributed by atoms with Gasteiger partial charge < -0.3 is 19.1 Å². The van der Waals surface area contributed by atoms with Crippen molar-refractivity contribution < 1.29 is 28.7 Å². The number of fused-ring (bicyclic) bond motifs is 1. The molecule has 192 valence electrons. The Balaban J connectivity index is 1.33. The Kier molecular flexibility index (Phi) is 6.81. The molecule has 5 rings (SSSR count). The van der Waals surface area contributed by atoms with Crippen molar-refractivity contribution in [1.82, 2.24) is 5.16 Å². The summed E-state index contributed by atoms with van der Waals surface area (Å²) >= 11 is 6.20. The van der Waals surface area contributed by atoms with Crippen molar-refractivity contribution in [3.63, 3.8) is 0 Å². The van der Waals surface area contributed by atoms with Crippen LogP contribution in [-0.2, 0) is 19.7 Å². The van der Waals surface area contributed by atoms with Crippen molar-refractivity contribution in [2.75, 3.05) is 18.5 Å². The number of carbonyl (C=O) groups excluding carboxylic acids is 1. The van der Waals surface area contributed by atoms with Crippen LogP contribution >= 0.6 is 11.6 Å². The molecule has 1 amide bonds. The Bertz CT molecular complexity index is 1610. The third kappa shape index (κ3) is 4.82. The van der Waals surface area contributed by atoms with E-state index in [1.54, 1.807) is 32.0 Å². The first-order chi connectivity index (χ1) is 18.3. The predicted molar refractivity (Wildman–Crippen MR) is 141 cm³/mol. The molecule has 3 aromatic carbocycles. The molecule has 0 bridgehead atoms. The molecule has 1 fully saturated rings. The van der Waals surface area contributed by atoms with E-state index in [2.05, 4.69) is 22.3 Å². The molecule has 1 atom stereocenters. The fourth-order valence-electron chi connectivity index (χ4n) is 4.23. The zero-order chi connectivity index (χ0) is 26.9. The molecule has 2 N–H and O–H groups in total. The lowest BCUT2D eigenvalue weighted by atomic mass is 9.78. The lowest BCUT2D eigenvalue weighted by Crippen LogP contribution is -2.53. The fourth-order valence-corrected chi connectivity index (χ4v) is 4.52. The second-order valence-corrected chi connectivity index (χ2v) is 9.48.